The summed E-state index contributed by atoms with van der Waals surface area (Å²) in [5.41, 5.74) is 10.8. The minimum atomic E-state index is -4.81. The Morgan fingerprint density at radius 3 is 1.83 bits per heavy atom. The van der Waals surface area contributed by atoms with Crippen molar-refractivity contribution in [2.75, 3.05) is 118 Å². The first-order valence-corrected chi connectivity index (χ1v) is 51.5. The van der Waals surface area contributed by atoms with Gasteiger partial charge >= 0.3 is 6.18 Å². The van der Waals surface area contributed by atoms with E-state index in [1.165, 1.54) is 27.9 Å². The number of thiocarbonyl (C=S) groups is 2. The molecule has 0 bridgehead atoms. The molecule has 2 aromatic heterocycles. The monoisotopic (exact) mass is 2050 g/mol. The standard InChI is InChI=1S/C55H69N7O6S2.C54H56F3N7O9S2/c1-36-31-46(47(63)22-13-39-11-14-42(15-12-39)49-38(3)57-35-70-49)60(33-36)51(65)50(54(4,5)6)58-48(64)34-68-29-10-28-67-30-27-59-25-23-41(24-26-59)40-16-18-43(19-17-40)62-53(69)61(52(66)55(62,7)8)44-20-21-45(56-9)37(2)32-44;1-32(2)46(62-29-37-8-6-7-9-42(37)49(62)67)50(68)61-30-40(65)26-44(61)48(66)59-28-36-11-10-34(47-33(3)60-31-75-47)24-45(36)73-23-21-71-19-18-70-20-22-72-41-16-14-38(15-17-41)64-52(74)63(51(69)53(64,4)5)39-13-12-35(27-58)43(25-39)54(55,56)57/h11-12,14-21,32,35-36,41,46,50H,10,13,22-31,33-34H2,1-8H3,(H,58,64);6-17,24-25,31-32,40,44,46,65H,18-23,26,28-30H2,1-5H3,(H,59,66)/t36-,46+,50-;40-,44+,46+/m11/s1. The Morgan fingerprint density at radius 1 is 0.662 bits per heavy atom. The third kappa shape index (κ3) is 25.3. The Bertz CT molecular complexity index is 6310. The highest BCUT2D eigenvalue weighted by atomic mass is 32.1. The number of aromatic nitrogens is 2. The molecular formula is C109H125F3N14O15S4. The van der Waals surface area contributed by atoms with Crippen molar-refractivity contribution in [2.24, 2.45) is 17.3 Å². The van der Waals surface area contributed by atoms with Gasteiger partial charge in [0.2, 0.25) is 23.6 Å². The number of hydrogen-bond acceptors (Lipinski definition) is 23. The number of nitrogens with zero attached hydrogens (tertiary/aromatic N) is 12. The van der Waals surface area contributed by atoms with E-state index in [0.717, 1.165) is 104 Å². The maximum Gasteiger partial charge on any atom is 0.417 e. The second-order valence-corrected chi connectivity index (χ2v) is 42.3. The zero-order valence-electron chi connectivity index (χ0n) is 84.0. The molecule has 0 aliphatic carbocycles. The van der Waals surface area contributed by atoms with E-state index in [9.17, 15) is 61.9 Å². The van der Waals surface area contributed by atoms with Gasteiger partial charge in [0.1, 0.15) is 60.5 Å². The molecule has 8 heterocycles. The number of halogens is 3. The van der Waals surface area contributed by atoms with Crippen LogP contribution in [0.5, 0.6) is 11.5 Å². The second-order valence-electron chi connectivity index (χ2n) is 39.8. The number of likely N-dealkylation sites (tertiary alicyclic amines) is 3. The number of rotatable bonds is 39. The number of β-amino-alcohol motifs (C(OH)–C–C–N with tert-alkyl or cyclic N) is 1. The predicted molar refractivity (Wildman–Crippen MR) is 559 cm³/mol. The van der Waals surface area contributed by atoms with Crippen LogP contribution in [0.15, 0.2) is 163 Å². The molecule has 7 aromatic carbocycles. The van der Waals surface area contributed by atoms with Crippen molar-refractivity contribution in [3.8, 4) is 38.4 Å². The number of amides is 7. The smallest absolute Gasteiger partial charge is 0.417 e. The zero-order chi connectivity index (χ0) is 104. The molecule has 0 saturated carbocycles. The fraction of sp³-hybridized carbons (Fsp3) is 0.450. The number of fused-ring (bicyclic) bond motifs is 1. The summed E-state index contributed by atoms with van der Waals surface area (Å²) in [6, 6.07) is 43.3. The first-order valence-electron chi connectivity index (χ1n) is 48.9. The van der Waals surface area contributed by atoms with E-state index in [2.05, 4.69) is 85.8 Å². The third-order valence-corrected chi connectivity index (χ3v) is 30.0. The van der Waals surface area contributed by atoms with Gasteiger partial charge in [-0.05, 0) is 254 Å². The number of hydrogen-bond donors (Lipinski definition) is 3. The largest absolute Gasteiger partial charge is 0.491 e. The summed E-state index contributed by atoms with van der Waals surface area (Å²) in [5, 5.41) is 26.3. The van der Waals surface area contributed by atoms with Gasteiger partial charge in [-0.2, -0.15) is 18.4 Å². The van der Waals surface area contributed by atoms with Crippen molar-refractivity contribution in [1.29, 1.82) is 5.26 Å². The number of alkyl halides is 3. The Labute approximate surface area is 863 Å². The molecule has 5 saturated heterocycles. The Kier molecular flexibility index (Phi) is 35.5. The molecule has 0 spiro atoms. The molecular weight excluding hydrogens is 1930 g/mol. The molecule has 3 N–H and O–H groups in total. The number of piperidine rings is 1. The van der Waals surface area contributed by atoms with Crippen LogP contribution >= 0.6 is 47.1 Å². The van der Waals surface area contributed by atoms with Gasteiger partial charge < -0.3 is 73.6 Å². The van der Waals surface area contributed by atoms with E-state index in [1.807, 2.05) is 116 Å². The molecule has 6 atom stereocenters. The van der Waals surface area contributed by atoms with E-state index in [1.54, 1.807) is 105 Å². The Balaban J connectivity index is 0.000000230. The number of anilines is 4. The first-order chi connectivity index (χ1) is 69.2. The first kappa shape index (κ1) is 108. The number of nitrogens with one attached hydrogen (secondary N) is 2. The van der Waals surface area contributed by atoms with Crippen molar-refractivity contribution in [2.45, 2.75) is 201 Å². The number of thiazole rings is 2. The number of carbonyl (C=O) groups excluding carboxylic acids is 8. The average molecular weight is 2060 g/mol. The molecule has 6 aliphatic rings. The highest BCUT2D eigenvalue weighted by Crippen LogP contribution is 2.45. The fourth-order valence-electron chi connectivity index (χ4n) is 19.4. The van der Waals surface area contributed by atoms with Crippen LogP contribution in [0, 0.1) is 55.9 Å². The number of ether oxygens (including phenoxy) is 6. The van der Waals surface area contributed by atoms with Gasteiger partial charge in [-0.15, -0.1) is 22.7 Å². The topological polar surface area (TPSA) is 316 Å². The van der Waals surface area contributed by atoms with Crippen molar-refractivity contribution < 1.29 is 85.1 Å². The van der Waals surface area contributed by atoms with Crippen LogP contribution < -0.4 is 39.7 Å². The number of nitriles is 1. The molecule has 145 heavy (non-hydrogen) atoms. The molecule has 7 amide bonds. The molecule has 36 heteroatoms. The summed E-state index contributed by atoms with van der Waals surface area (Å²) in [4.78, 5) is 137. The number of ketones is 1. The fourth-order valence-corrected chi connectivity index (χ4v) is 22.1. The van der Waals surface area contributed by atoms with E-state index in [-0.39, 0.29) is 130 Å². The highest BCUT2D eigenvalue weighted by molar-refractivity contribution is 7.81. The average Bonchev–Trinajstić information content (AvgIpc) is 1.59. The predicted octanol–water partition coefficient (Wildman–Crippen LogP) is 17.1. The van der Waals surface area contributed by atoms with E-state index in [4.69, 9.17) is 59.4 Å². The van der Waals surface area contributed by atoms with Gasteiger partial charge in [-0.3, -0.25) is 48.2 Å². The van der Waals surface area contributed by atoms with Crippen LogP contribution in [0.3, 0.4) is 0 Å². The molecule has 0 radical (unpaired) electrons. The lowest BCUT2D eigenvalue weighted by Gasteiger charge is -2.35. The number of aryl methyl sites for hydroxylation is 4. The highest BCUT2D eigenvalue weighted by Gasteiger charge is 2.54. The van der Waals surface area contributed by atoms with Gasteiger partial charge in [0.15, 0.2) is 21.7 Å². The quantitative estimate of drug-likeness (QED) is 0.0183. The van der Waals surface area contributed by atoms with E-state index < -0.39 is 75.9 Å². The van der Waals surface area contributed by atoms with Crippen molar-refractivity contribution in [3.05, 3.63) is 230 Å². The minimum Gasteiger partial charge on any atom is -0.491 e. The minimum absolute atomic E-state index is 0.0206. The van der Waals surface area contributed by atoms with Crippen LogP contribution in [-0.2, 0) is 78.2 Å². The molecule has 0 unspecified atom stereocenters. The van der Waals surface area contributed by atoms with Gasteiger partial charge in [0.25, 0.3) is 17.7 Å². The third-order valence-electron chi connectivity index (χ3n) is 27.3. The summed E-state index contributed by atoms with van der Waals surface area (Å²) < 4.78 is 76.5. The van der Waals surface area contributed by atoms with Crippen LogP contribution in [0.4, 0.5) is 41.6 Å². The van der Waals surface area contributed by atoms with Gasteiger partial charge in [-0.25, -0.2) is 14.8 Å². The lowest BCUT2D eigenvalue weighted by atomic mass is 9.85. The van der Waals surface area contributed by atoms with Crippen LogP contribution in [-0.4, -0.2) is 232 Å². The summed E-state index contributed by atoms with van der Waals surface area (Å²) in [6.45, 7) is 38.1. The summed E-state index contributed by atoms with van der Waals surface area (Å²) >= 11 is 14.6. The molecule has 766 valence electrons. The molecule has 9 aromatic rings. The molecule has 15 rings (SSSR count). The number of Topliss-reactive ketones (excluding diaryl/α,β-unsaturated/α-hetero) is 1. The van der Waals surface area contributed by atoms with Crippen molar-refractivity contribution in [3.63, 3.8) is 0 Å². The van der Waals surface area contributed by atoms with Crippen molar-refractivity contribution in [1.82, 2.24) is 40.2 Å². The number of aliphatic hydroxyl groups excluding tert-OH is 1. The lowest BCUT2D eigenvalue weighted by molar-refractivity contribution is -0.144. The maximum absolute atomic E-state index is 14.3. The van der Waals surface area contributed by atoms with Crippen molar-refractivity contribution >= 4 is 133 Å². The zero-order valence-corrected chi connectivity index (χ0v) is 87.2. The Morgan fingerprint density at radius 2 is 1.23 bits per heavy atom. The number of benzene rings is 7. The maximum atomic E-state index is 14.3. The summed E-state index contributed by atoms with van der Waals surface area (Å²) in [5.74, 6) is -0.847. The number of carbonyl (C=O) groups is 8. The Hall–Kier alpha value is -12.3. The van der Waals surface area contributed by atoms with E-state index in [0.29, 0.717) is 103 Å². The second kappa shape index (κ2) is 47.5. The van der Waals surface area contributed by atoms with E-state index >= 15 is 0 Å². The van der Waals surface area contributed by atoms with Gasteiger partial charge in [0, 0.05) is 87.0 Å². The SMILES string of the molecule is Cc1ncsc1-c1ccc(CNC(=O)[C@@H]2C[C@@H](O)CN2C(=O)[C@H](C(C)C)N2Cc3ccccc3C2=O)c(OCCOCCOCCOc2ccc(N3C(=S)N(c4ccc(C#N)c(C(F)(F)F)c4)C(=O)C3(C)C)cc2)c1.[C-]#[N+]c1ccc(N2C(=O)C(C)(C)N(c3ccc(C4CCN(CCOCCCOCC(=O)N[C@H](C(=O)N5C[C@H](C)C[C@H]5C(=O)CCc5ccc(-c6scnc6C)cc5)C(C)(C)C)CC4)cc3)C2=S)cc1C. The van der Waals surface area contributed by atoms with Gasteiger partial charge in [0.05, 0.1) is 107 Å². The summed E-state index contributed by atoms with van der Waals surface area (Å²) in [7, 11) is 0. The summed E-state index contributed by atoms with van der Waals surface area (Å²) in [6.07, 6.45) is -1.40. The van der Waals surface area contributed by atoms with Crippen LogP contribution in [0.1, 0.15) is 174 Å². The molecule has 5 fully saturated rings. The van der Waals surface area contributed by atoms with Crippen LogP contribution in [0.25, 0.3) is 25.7 Å². The number of aliphatic hydroxyl groups is 1. The van der Waals surface area contributed by atoms with Crippen LogP contribution in [0.2, 0.25) is 0 Å². The normalized spacial score (nSPS) is 18.4. The molecule has 29 nitrogen and oxygen atoms in total. The lowest BCUT2D eigenvalue weighted by Crippen LogP contribution is -2.57. The molecule has 6 aliphatic heterocycles. The van der Waals surface area contributed by atoms with Gasteiger partial charge in [-0.1, -0.05) is 114 Å².